The summed E-state index contributed by atoms with van der Waals surface area (Å²) in [6.07, 6.45) is 5.13. The van der Waals surface area contributed by atoms with Crippen LogP contribution in [0.1, 0.15) is 55.8 Å². The highest BCUT2D eigenvalue weighted by Gasteiger charge is 2.20. The minimum atomic E-state index is -0.222. The summed E-state index contributed by atoms with van der Waals surface area (Å²) in [5.41, 5.74) is 6.65. The van der Waals surface area contributed by atoms with Gasteiger partial charge in [-0.05, 0) is 56.4 Å². The van der Waals surface area contributed by atoms with Crippen molar-refractivity contribution in [3.8, 4) is 0 Å². The Labute approximate surface area is 224 Å². The van der Waals surface area contributed by atoms with Crippen molar-refractivity contribution in [2.75, 3.05) is 62.0 Å². The zero-order valence-corrected chi connectivity index (χ0v) is 22.2. The van der Waals surface area contributed by atoms with Crippen molar-refractivity contribution in [3.63, 3.8) is 0 Å². The van der Waals surface area contributed by atoms with Crippen LogP contribution < -0.4 is 27.0 Å². The van der Waals surface area contributed by atoms with Crippen LogP contribution in [-0.4, -0.2) is 84.2 Å². The molecule has 1 fully saturated rings. The number of carbonyl (C=O) groups excluding carboxylic acids is 1. The average Bonchev–Trinajstić information content (AvgIpc) is 2.92. The van der Waals surface area contributed by atoms with Gasteiger partial charge in [-0.25, -0.2) is 0 Å². The zero-order chi connectivity index (χ0) is 27.0. The second kappa shape index (κ2) is 16.7. The Bertz CT molecular complexity index is 955. The highest BCUT2D eigenvalue weighted by Crippen LogP contribution is 2.22. The number of nitrogens with zero attached hydrogens (tertiary/aromatic N) is 3. The minimum Gasteiger partial charge on any atom is -0.393 e. The van der Waals surface area contributed by atoms with Crippen molar-refractivity contribution in [1.29, 1.82) is 0 Å². The summed E-state index contributed by atoms with van der Waals surface area (Å²) in [5, 5.41) is 22.5. The normalized spacial score (nSPS) is 17.1. The molecule has 0 aliphatic heterocycles. The molecule has 1 aliphatic rings. The lowest BCUT2D eigenvalue weighted by atomic mass is 9.93. The van der Waals surface area contributed by atoms with Crippen LogP contribution in [0.15, 0.2) is 24.3 Å². The first-order chi connectivity index (χ1) is 18.6. The molecule has 3 rings (SSSR count). The molecule has 2 aromatic rings. The summed E-state index contributed by atoms with van der Waals surface area (Å²) >= 11 is 0. The molecule has 1 aromatic heterocycles. The van der Waals surface area contributed by atoms with Crippen LogP contribution in [0.4, 0.5) is 23.5 Å². The molecule has 7 N–H and O–H groups in total. The number of amides is 1. The predicted octanol–water partition coefficient (Wildman–Crippen LogP) is 2.26. The highest BCUT2D eigenvalue weighted by molar-refractivity contribution is 5.94. The van der Waals surface area contributed by atoms with E-state index in [1.54, 1.807) is 12.1 Å². The van der Waals surface area contributed by atoms with Gasteiger partial charge >= 0.3 is 0 Å². The number of aromatic nitrogens is 3. The Balaban J connectivity index is 1.53. The molecular weight excluding hydrogens is 488 g/mol. The Morgan fingerprint density at radius 3 is 2.34 bits per heavy atom. The number of nitrogens with one attached hydrogen (secondary N) is 4. The van der Waals surface area contributed by atoms with Gasteiger partial charge in [0, 0.05) is 36.9 Å². The van der Waals surface area contributed by atoms with Crippen LogP contribution in [-0.2, 0) is 9.47 Å². The maximum atomic E-state index is 12.4. The number of rotatable bonds is 17. The summed E-state index contributed by atoms with van der Waals surface area (Å²) in [7, 11) is 0. The third-order valence-corrected chi connectivity index (χ3v) is 6.05. The minimum absolute atomic E-state index is 0.175. The second-order valence-electron chi connectivity index (χ2n) is 9.21. The molecule has 1 saturated carbocycles. The van der Waals surface area contributed by atoms with Gasteiger partial charge in [0.15, 0.2) is 0 Å². The molecule has 1 aliphatic carbocycles. The summed E-state index contributed by atoms with van der Waals surface area (Å²) < 4.78 is 10.7. The van der Waals surface area contributed by atoms with Gasteiger partial charge in [0.25, 0.3) is 5.91 Å². The number of anilines is 4. The molecule has 12 nitrogen and oxygen atoms in total. The van der Waals surface area contributed by atoms with E-state index in [0.29, 0.717) is 62.9 Å². The topological polar surface area (TPSA) is 169 Å². The standard InChI is InChI=1S/C26H42N8O4/c1-2-3-13-29-24-32-25(34-26(33-24)31-21-8-10-22(35)11-9-21)30-20-6-4-19(5-7-20)23(36)28-14-16-38-18-17-37-15-12-27/h4-7,21-22,35H,2-3,8-18,27H2,1H3,(H,28,36)(H3,29,30,31,32,33,34). The molecule has 1 heterocycles. The molecule has 1 amide bonds. The quantitative estimate of drug-likeness (QED) is 0.166. The fraction of sp³-hybridized carbons (Fsp3) is 0.615. The smallest absolute Gasteiger partial charge is 0.251 e. The first-order valence-corrected chi connectivity index (χ1v) is 13.5. The number of ether oxygens (including phenoxy) is 2. The summed E-state index contributed by atoms with van der Waals surface area (Å²) in [5.74, 6) is 1.22. The van der Waals surface area contributed by atoms with E-state index in [-0.39, 0.29) is 18.1 Å². The van der Waals surface area contributed by atoms with E-state index in [0.717, 1.165) is 50.8 Å². The maximum Gasteiger partial charge on any atom is 0.251 e. The van der Waals surface area contributed by atoms with Gasteiger partial charge in [-0.3, -0.25) is 4.79 Å². The van der Waals surface area contributed by atoms with Crippen molar-refractivity contribution in [1.82, 2.24) is 20.3 Å². The summed E-state index contributed by atoms with van der Waals surface area (Å²) in [6.45, 7) is 5.66. The van der Waals surface area contributed by atoms with Crippen LogP contribution in [0.3, 0.4) is 0 Å². The van der Waals surface area contributed by atoms with Crippen molar-refractivity contribution in [3.05, 3.63) is 29.8 Å². The molecule has 0 radical (unpaired) electrons. The van der Waals surface area contributed by atoms with Crippen molar-refractivity contribution < 1.29 is 19.4 Å². The van der Waals surface area contributed by atoms with Gasteiger partial charge in [-0.1, -0.05) is 13.3 Å². The SMILES string of the molecule is CCCCNc1nc(Nc2ccc(C(=O)NCCOCCOCCN)cc2)nc(NC2CCC(O)CC2)n1. The predicted molar refractivity (Wildman–Crippen MR) is 148 cm³/mol. The first kappa shape index (κ1) is 29.5. The van der Waals surface area contributed by atoms with E-state index in [1.165, 1.54) is 0 Å². The van der Waals surface area contributed by atoms with E-state index in [1.807, 2.05) is 12.1 Å². The van der Waals surface area contributed by atoms with Gasteiger partial charge in [-0.2, -0.15) is 15.0 Å². The lowest BCUT2D eigenvalue weighted by molar-refractivity contribution is 0.0511. The average molecular weight is 531 g/mol. The van der Waals surface area contributed by atoms with Crippen LogP contribution >= 0.6 is 0 Å². The van der Waals surface area contributed by atoms with E-state index < -0.39 is 0 Å². The molecule has 0 unspecified atom stereocenters. The van der Waals surface area contributed by atoms with Crippen LogP contribution in [0, 0.1) is 0 Å². The number of unbranched alkanes of at least 4 members (excludes halogenated alkanes) is 1. The molecular formula is C26H42N8O4. The van der Waals surface area contributed by atoms with Crippen molar-refractivity contribution >= 4 is 29.4 Å². The van der Waals surface area contributed by atoms with Gasteiger partial charge in [-0.15, -0.1) is 0 Å². The van der Waals surface area contributed by atoms with Crippen LogP contribution in [0.2, 0.25) is 0 Å². The van der Waals surface area contributed by atoms with Gasteiger partial charge in [0.1, 0.15) is 0 Å². The van der Waals surface area contributed by atoms with Gasteiger partial charge < -0.3 is 41.6 Å². The number of hydrogen-bond donors (Lipinski definition) is 6. The fourth-order valence-electron chi connectivity index (χ4n) is 3.93. The molecule has 0 atom stereocenters. The molecule has 1 aromatic carbocycles. The maximum absolute atomic E-state index is 12.4. The number of hydrogen-bond acceptors (Lipinski definition) is 11. The molecule has 38 heavy (non-hydrogen) atoms. The molecule has 0 spiro atoms. The second-order valence-corrected chi connectivity index (χ2v) is 9.21. The monoisotopic (exact) mass is 530 g/mol. The fourth-order valence-corrected chi connectivity index (χ4v) is 3.93. The Morgan fingerprint density at radius 1 is 0.947 bits per heavy atom. The van der Waals surface area contributed by atoms with E-state index in [2.05, 4.69) is 43.1 Å². The van der Waals surface area contributed by atoms with Crippen molar-refractivity contribution in [2.45, 2.75) is 57.6 Å². The summed E-state index contributed by atoms with van der Waals surface area (Å²) in [4.78, 5) is 26.0. The third-order valence-electron chi connectivity index (χ3n) is 6.05. The molecule has 0 bridgehead atoms. The zero-order valence-electron chi connectivity index (χ0n) is 22.2. The molecule has 210 valence electrons. The van der Waals surface area contributed by atoms with Crippen LogP contribution in [0.25, 0.3) is 0 Å². The number of benzene rings is 1. The van der Waals surface area contributed by atoms with E-state index >= 15 is 0 Å². The van der Waals surface area contributed by atoms with E-state index in [9.17, 15) is 9.90 Å². The Morgan fingerprint density at radius 2 is 1.63 bits per heavy atom. The summed E-state index contributed by atoms with van der Waals surface area (Å²) in [6, 6.07) is 7.32. The lowest BCUT2D eigenvalue weighted by Gasteiger charge is -2.26. The number of carbonyl (C=O) groups is 1. The third kappa shape index (κ3) is 10.7. The van der Waals surface area contributed by atoms with Crippen LogP contribution in [0.5, 0.6) is 0 Å². The number of nitrogens with two attached hydrogens (primary N) is 1. The Hall–Kier alpha value is -3.06. The lowest BCUT2D eigenvalue weighted by Crippen LogP contribution is -2.29. The molecule has 12 heteroatoms. The molecule has 0 saturated heterocycles. The number of aliphatic hydroxyl groups excluding tert-OH is 1. The first-order valence-electron chi connectivity index (χ1n) is 13.5. The Kier molecular flexibility index (Phi) is 13.0. The van der Waals surface area contributed by atoms with Gasteiger partial charge in [0.05, 0.1) is 32.5 Å². The van der Waals surface area contributed by atoms with Gasteiger partial charge in [0.2, 0.25) is 17.8 Å². The van der Waals surface area contributed by atoms with E-state index in [4.69, 9.17) is 15.2 Å². The van der Waals surface area contributed by atoms with Crippen molar-refractivity contribution in [2.24, 2.45) is 5.73 Å². The highest BCUT2D eigenvalue weighted by atomic mass is 16.5. The number of aliphatic hydroxyl groups is 1. The largest absolute Gasteiger partial charge is 0.393 e.